The van der Waals surface area contributed by atoms with Crippen molar-refractivity contribution in [1.29, 1.82) is 0 Å². The highest BCUT2D eigenvalue weighted by Gasteiger charge is 2.15. The summed E-state index contributed by atoms with van der Waals surface area (Å²) in [6.07, 6.45) is 0. The number of hydrogen-bond acceptors (Lipinski definition) is 5. The standard InChI is InChI=1S/C10H8N4O3/c15-8(16)6-14-12-10(11-13-14)9(17)7-4-2-1-3-5-7/h1-5H,6H2,(H,15,16). The zero-order valence-corrected chi connectivity index (χ0v) is 8.65. The summed E-state index contributed by atoms with van der Waals surface area (Å²) in [6, 6.07) is 8.47. The number of hydrogen-bond donors (Lipinski definition) is 1. The molecule has 7 nitrogen and oxygen atoms in total. The second-order valence-corrected chi connectivity index (χ2v) is 3.23. The van der Waals surface area contributed by atoms with Crippen molar-refractivity contribution in [2.75, 3.05) is 0 Å². The van der Waals surface area contributed by atoms with Crippen molar-refractivity contribution < 1.29 is 14.7 Å². The van der Waals surface area contributed by atoms with Crippen LogP contribution < -0.4 is 0 Å². The van der Waals surface area contributed by atoms with Crippen LogP contribution in [0.15, 0.2) is 30.3 Å². The zero-order chi connectivity index (χ0) is 12.3. The van der Waals surface area contributed by atoms with Gasteiger partial charge in [-0.25, -0.2) is 0 Å². The Morgan fingerprint density at radius 1 is 1.24 bits per heavy atom. The van der Waals surface area contributed by atoms with Gasteiger partial charge in [0.15, 0.2) is 6.54 Å². The molecule has 1 aromatic carbocycles. The highest BCUT2D eigenvalue weighted by atomic mass is 16.4. The molecule has 0 unspecified atom stereocenters. The van der Waals surface area contributed by atoms with Crippen molar-refractivity contribution in [3.63, 3.8) is 0 Å². The van der Waals surface area contributed by atoms with E-state index in [2.05, 4.69) is 15.4 Å². The van der Waals surface area contributed by atoms with Gasteiger partial charge in [-0.05, 0) is 5.21 Å². The minimum atomic E-state index is -1.10. The van der Waals surface area contributed by atoms with Crippen LogP contribution in [0.1, 0.15) is 16.2 Å². The molecule has 0 spiro atoms. The van der Waals surface area contributed by atoms with Crippen LogP contribution in [0.2, 0.25) is 0 Å². The van der Waals surface area contributed by atoms with Gasteiger partial charge in [-0.3, -0.25) is 9.59 Å². The van der Waals surface area contributed by atoms with E-state index in [1.165, 1.54) is 0 Å². The normalized spacial score (nSPS) is 10.1. The molecule has 0 fully saturated rings. The summed E-state index contributed by atoms with van der Waals surface area (Å²) >= 11 is 0. The lowest BCUT2D eigenvalue weighted by atomic mass is 10.1. The largest absolute Gasteiger partial charge is 0.480 e. The summed E-state index contributed by atoms with van der Waals surface area (Å²) in [5.41, 5.74) is 0.433. The Hall–Kier alpha value is -2.57. The van der Waals surface area contributed by atoms with Crippen molar-refractivity contribution in [2.24, 2.45) is 0 Å². The fourth-order valence-corrected chi connectivity index (χ4v) is 1.24. The second kappa shape index (κ2) is 4.52. The second-order valence-electron chi connectivity index (χ2n) is 3.23. The number of carbonyl (C=O) groups is 2. The molecule has 86 valence electrons. The van der Waals surface area contributed by atoms with E-state index in [0.29, 0.717) is 5.56 Å². The number of carboxylic acid groups (broad SMARTS) is 1. The lowest BCUT2D eigenvalue weighted by Crippen LogP contribution is -2.12. The van der Waals surface area contributed by atoms with Crippen molar-refractivity contribution in [1.82, 2.24) is 20.2 Å². The predicted octanol–water partition coefficient (Wildman–Crippen LogP) is -0.0113. The highest BCUT2D eigenvalue weighted by Crippen LogP contribution is 2.04. The first-order chi connectivity index (χ1) is 8.16. The number of tetrazole rings is 1. The third-order valence-electron chi connectivity index (χ3n) is 1.97. The van der Waals surface area contributed by atoms with Crippen LogP contribution in [0, 0.1) is 0 Å². The molecule has 2 aromatic rings. The van der Waals surface area contributed by atoms with Gasteiger partial charge in [0, 0.05) is 5.56 Å². The number of ketones is 1. The van der Waals surface area contributed by atoms with Crippen molar-refractivity contribution in [3.8, 4) is 0 Å². The van der Waals surface area contributed by atoms with E-state index >= 15 is 0 Å². The zero-order valence-electron chi connectivity index (χ0n) is 8.65. The summed E-state index contributed by atoms with van der Waals surface area (Å²) in [4.78, 5) is 23.1. The summed E-state index contributed by atoms with van der Waals surface area (Å²) in [7, 11) is 0. The molecule has 0 bridgehead atoms. The number of nitrogens with zero attached hydrogens (tertiary/aromatic N) is 4. The van der Waals surface area contributed by atoms with Crippen LogP contribution in [0.5, 0.6) is 0 Å². The van der Waals surface area contributed by atoms with Crippen molar-refractivity contribution in [2.45, 2.75) is 6.54 Å². The van der Waals surface area contributed by atoms with Crippen molar-refractivity contribution in [3.05, 3.63) is 41.7 Å². The molecule has 0 atom stereocenters. The molecule has 2 rings (SSSR count). The summed E-state index contributed by atoms with van der Waals surface area (Å²) in [5.74, 6) is -1.60. The smallest absolute Gasteiger partial charge is 0.327 e. The third-order valence-corrected chi connectivity index (χ3v) is 1.97. The van der Waals surface area contributed by atoms with Crippen LogP contribution in [-0.4, -0.2) is 37.1 Å². The maximum absolute atomic E-state index is 11.8. The molecule has 1 aromatic heterocycles. The highest BCUT2D eigenvalue weighted by molar-refractivity contribution is 6.06. The van der Waals surface area contributed by atoms with Gasteiger partial charge < -0.3 is 5.11 Å². The molecular formula is C10H8N4O3. The van der Waals surface area contributed by atoms with E-state index in [-0.39, 0.29) is 11.6 Å². The Kier molecular flexibility index (Phi) is 2.91. The topological polar surface area (TPSA) is 98.0 Å². The predicted molar refractivity (Wildman–Crippen MR) is 55.3 cm³/mol. The maximum atomic E-state index is 11.8. The number of aliphatic carboxylic acids is 1. The van der Waals surface area contributed by atoms with E-state index in [9.17, 15) is 9.59 Å². The van der Waals surface area contributed by atoms with E-state index in [4.69, 9.17) is 5.11 Å². The molecule has 1 N–H and O–H groups in total. The Bertz CT molecular complexity index is 550. The van der Waals surface area contributed by atoms with Gasteiger partial charge in [0.1, 0.15) is 0 Å². The molecule has 0 saturated carbocycles. The molecule has 17 heavy (non-hydrogen) atoms. The van der Waals surface area contributed by atoms with Crippen LogP contribution in [-0.2, 0) is 11.3 Å². The SMILES string of the molecule is O=C(O)Cn1nnc(C(=O)c2ccccc2)n1. The fraction of sp³-hybridized carbons (Fsp3) is 0.100. The fourth-order valence-electron chi connectivity index (χ4n) is 1.24. The average Bonchev–Trinajstić information content (AvgIpc) is 2.77. The molecule has 1 heterocycles. The van der Waals surface area contributed by atoms with Gasteiger partial charge >= 0.3 is 5.97 Å². The molecule has 0 amide bonds. The Morgan fingerprint density at radius 3 is 2.59 bits per heavy atom. The van der Waals surface area contributed by atoms with Crippen LogP contribution in [0.3, 0.4) is 0 Å². The molecule has 0 aliphatic rings. The summed E-state index contributed by atoms with van der Waals surface area (Å²) in [6.45, 7) is -0.422. The monoisotopic (exact) mass is 232 g/mol. The van der Waals surface area contributed by atoms with E-state index in [1.807, 2.05) is 0 Å². The van der Waals surface area contributed by atoms with Crippen molar-refractivity contribution >= 4 is 11.8 Å². The third kappa shape index (κ3) is 2.51. The number of carbonyl (C=O) groups excluding carboxylic acids is 1. The summed E-state index contributed by atoms with van der Waals surface area (Å²) < 4.78 is 0. The first-order valence-corrected chi connectivity index (χ1v) is 4.76. The lowest BCUT2D eigenvalue weighted by Gasteiger charge is -1.94. The van der Waals surface area contributed by atoms with Gasteiger partial charge in [0.2, 0.25) is 11.6 Å². The van der Waals surface area contributed by atoms with Gasteiger partial charge in [-0.2, -0.15) is 4.80 Å². The van der Waals surface area contributed by atoms with E-state index < -0.39 is 12.5 Å². The Morgan fingerprint density at radius 2 is 1.94 bits per heavy atom. The Balaban J connectivity index is 2.21. The first kappa shape index (κ1) is 10.9. The molecule has 0 aliphatic carbocycles. The number of carboxylic acids is 1. The van der Waals surface area contributed by atoms with Gasteiger partial charge in [0.25, 0.3) is 0 Å². The van der Waals surface area contributed by atoms with Gasteiger partial charge in [-0.15, -0.1) is 10.2 Å². The van der Waals surface area contributed by atoms with Crippen LogP contribution >= 0.6 is 0 Å². The summed E-state index contributed by atoms with van der Waals surface area (Å²) in [5, 5.41) is 19.2. The van der Waals surface area contributed by atoms with Crippen LogP contribution in [0.25, 0.3) is 0 Å². The van der Waals surface area contributed by atoms with Gasteiger partial charge in [0.05, 0.1) is 0 Å². The molecule has 0 radical (unpaired) electrons. The van der Waals surface area contributed by atoms with E-state index in [0.717, 1.165) is 4.80 Å². The minimum Gasteiger partial charge on any atom is -0.480 e. The number of rotatable bonds is 4. The van der Waals surface area contributed by atoms with E-state index in [1.54, 1.807) is 30.3 Å². The lowest BCUT2D eigenvalue weighted by molar-refractivity contribution is -0.138. The molecule has 0 aliphatic heterocycles. The molecular weight excluding hydrogens is 224 g/mol. The maximum Gasteiger partial charge on any atom is 0.327 e. The minimum absolute atomic E-state index is 0.113. The van der Waals surface area contributed by atoms with Gasteiger partial charge in [-0.1, -0.05) is 30.3 Å². The molecule has 0 saturated heterocycles. The Labute approximate surface area is 95.7 Å². The molecule has 7 heteroatoms. The average molecular weight is 232 g/mol. The number of aromatic nitrogens is 4. The first-order valence-electron chi connectivity index (χ1n) is 4.76. The quantitative estimate of drug-likeness (QED) is 0.744. The van der Waals surface area contributed by atoms with Crippen LogP contribution in [0.4, 0.5) is 0 Å². The number of benzene rings is 1.